The lowest BCUT2D eigenvalue weighted by Crippen LogP contribution is -2.43. The van der Waals surface area contributed by atoms with Crippen molar-refractivity contribution in [1.82, 2.24) is 4.90 Å². The third-order valence-electron chi connectivity index (χ3n) is 2.95. The molecule has 1 heterocycles. The summed E-state index contributed by atoms with van der Waals surface area (Å²) in [5.41, 5.74) is -0.746. The number of alkyl halides is 2. The molecule has 0 aromatic rings. The number of ether oxygens (including phenoxy) is 1. The molecule has 0 N–H and O–H groups in total. The fourth-order valence-electron chi connectivity index (χ4n) is 1.96. The number of carbonyl (C=O) groups excluding carboxylic acids is 2. The average Bonchev–Trinajstić information content (AvgIpc) is 2.34. The van der Waals surface area contributed by atoms with Crippen molar-refractivity contribution in [3.8, 4) is 0 Å². The third-order valence-corrected chi connectivity index (χ3v) is 2.95. The Morgan fingerprint density at radius 3 is 2.37 bits per heavy atom. The van der Waals surface area contributed by atoms with Gasteiger partial charge in [-0.05, 0) is 34.1 Å². The van der Waals surface area contributed by atoms with Crippen molar-refractivity contribution < 1.29 is 23.1 Å². The highest BCUT2D eigenvalue weighted by Gasteiger charge is 2.40. The van der Waals surface area contributed by atoms with Crippen LogP contribution in [0.4, 0.5) is 13.6 Å². The largest absolute Gasteiger partial charge is 0.444 e. The number of ketones is 1. The topological polar surface area (TPSA) is 46.6 Å². The van der Waals surface area contributed by atoms with E-state index in [2.05, 4.69) is 0 Å². The maximum atomic E-state index is 13.6. The number of rotatable bonds is 1. The molecule has 1 rings (SSSR count). The zero-order chi connectivity index (χ0) is 14.8. The highest BCUT2D eigenvalue weighted by Crippen LogP contribution is 2.30. The monoisotopic (exact) mass is 277 g/mol. The van der Waals surface area contributed by atoms with Gasteiger partial charge in [0.1, 0.15) is 11.4 Å². The van der Waals surface area contributed by atoms with Crippen LogP contribution in [0.25, 0.3) is 0 Å². The van der Waals surface area contributed by atoms with Gasteiger partial charge in [-0.15, -0.1) is 0 Å². The Bertz CT molecular complexity index is 363. The molecule has 0 bridgehead atoms. The minimum Gasteiger partial charge on any atom is -0.444 e. The summed E-state index contributed by atoms with van der Waals surface area (Å²) in [6.07, 6.45) is -1.07. The van der Waals surface area contributed by atoms with E-state index in [1.807, 2.05) is 0 Å². The molecule has 0 aromatic carbocycles. The summed E-state index contributed by atoms with van der Waals surface area (Å²) in [6, 6.07) is 0. The standard InChI is InChI=1S/C13H21F2NO3/c1-9(17)10-5-6-13(14,15)8-16(7-10)11(18)19-12(2,3)4/h10H,5-8H2,1-4H3/t10-/m0/s1. The summed E-state index contributed by atoms with van der Waals surface area (Å²) in [4.78, 5) is 24.2. The van der Waals surface area contributed by atoms with Crippen molar-refractivity contribution in [2.75, 3.05) is 13.1 Å². The highest BCUT2D eigenvalue weighted by atomic mass is 19.3. The zero-order valence-electron chi connectivity index (χ0n) is 11.8. The van der Waals surface area contributed by atoms with Crippen LogP contribution in [0.15, 0.2) is 0 Å². The first kappa shape index (κ1) is 15.9. The summed E-state index contributed by atoms with van der Waals surface area (Å²) in [7, 11) is 0. The summed E-state index contributed by atoms with van der Waals surface area (Å²) >= 11 is 0. The van der Waals surface area contributed by atoms with E-state index in [9.17, 15) is 18.4 Å². The maximum Gasteiger partial charge on any atom is 0.410 e. The van der Waals surface area contributed by atoms with E-state index < -0.39 is 30.1 Å². The predicted octanol–water partition coefficient (Wildman–Crippen LogP) is 2.86. The van der Waals surface area contributed by atoms with Crippen molar-refractivity contribution >= 4 is 11.9 Å². The van der Waals surface area contributed by atoms with Crippen LogP contribution in [0.5, 0.6) is 0 Å². The van der Waals surface area contributed by atoms with E-state index >= 15 is 0 Å². The number of halogens is 2. The maximum absolute atomic E-state index is 13.6. The molecule has 1 fully saturated rings. The van der Waals surface area contributed by atoms with Crippen molar-refractivity contribution in [1.29, 1.82) is 0 Å². The first-order chi connectivity index (χ1) is 8.50. The second kappa shape index (κ2) is 5.43. The van der Waals surface area contributed by atoms with Gasteiger partial charge in [-0.1, -0.05) is 0 Å². The lowest BCUT2D eigenvalue weighted by Gasteiger charge is -2.29. The summed E-state index contributed by atoms with van der Waals surface area (Å²) < 4.78 is 32.3. The van der Waals surface area contributed by atoms with Crippen LogP contribution in [0, 0.1) is 5.92 Å². The van der Waals surface area contributed by atoms with Crippen LogP contribution < -0.4 is 0 Å². The van der Waals surface area contributed by atoms with E-state index in [1.165, 1.54) is 6.92 Å². The fourth-order valence-corrected chi connectivity index (χ4v) is 1.96. The first-order valence-electron chi connectivity index (χ1n) is 6.36. The minimum absolute atomic E-state index is 0.000162. The van der Waals surface area contributed by atoms with E-state index in [0.29, 0.717) is 0 Å². The molecule has 0 radical (unpaired) electrons. The molecule has 0 unspecified atom stereocenters. The third kappa shape index (κ3) is 5.12. The molecule has 19 heavy (non-hydrogen) atoms. The summed E-state index contributed by atoms with van der Waals surface area (Å²) in [6.45, 7) is 5.68. The highest BCUT2D eigenvalue weighted by molar-refractivity contribution is 5.79. The smallest absolute Gasteiger partial charge is 0.410 e. The Balaban J connectivity index is 2.83. The van der Waals surface area contributed by atoms with E-state index in [4.69, 9.17) is 4.74 Å². The zero-order valence-corrected chi connectivity index (χ0v) is 11.8. The van der Waals surface area contributed by atoms with Gasteiger partial charge in [-0.3, -0.25) is 4.79 Å². The van der Waals surface area contributed by atoms with Crippen molar-refractivity contribution in [2.24, 2.45) is 5.92 Å². The molecule has 0 saturated carbocycles. The average molecular weight is 277 g/mol. The molecule has 0 spiro atoms. The molecule has 1 amide bonds. The molecule has 4 nitrogen and oxygen atoms in total. The Hall–Kier alpha value is -1.20. The molecular weight excluding hydrogens is 256 g/mol. The second-order valence-corrected chi connectivity index (χ2v) is 6.06. The first-order valence-corrected chi connectivity index (χ1v) is 6.36. The van der Waals surface area contributed by atoms with Crippen LogP contribution in [-0.2, 0) is 9.53 Å². The molecule has 6 heteroatoms. The van der Waals surface area contributed by atoms with E-state index in [0.717, 1.165) is 4.90 Å². The lowest BCUT2D eigenvalue weighted by atomic mass is 9.99. The van der Waals surface area contributed by atoms with Gasteiger partial charge < -0.3 is 9.64 Å². The van der Waals surface area contributed by atoms with E-state index in [-0.39, 0.29) is 25.2 Å². The van der Waals surface area contributed by atoms with E-state index in [1.54, 1.807) is 20.8 Å². The van der Waals surface area contributed by atoms with Gasteiger partial charge in [-0.2, -0.15) is 0 Å². The number of amides is 1. The second-order valence-electron chi connectivity index (χ2n) is 6.06. The number of likely N-dealkylation sites (tertiary alicyclic amines) is 1. The van der Waals surface area contributed by atoms with Crippen LogP contribution >= 0.6 is 0 Å². The molecule has 0 aliphatic carbocycles. The van der Waals surface area contributed by atoms with Gasteiger partial charge in [0.2, 0.25) is 0 Å². The van der Waals surface area contributed by atoms with Gasteiger partial charge in [0.05, 0.1) is 6.54 Å². The van der Waals surface area contributed by atoms with Crippen LogP contribution in [0.2, 0.25) is 0 Å². The summed E-state index contributed by atoms with van der Waals surface area (Å²) in [5, 5.41) is 0. The Morgan fingerprint density at radius 2 is 1.89 bits per heavy atom. The normalized spacial score (nSPS) is 23.7. The van der Waals surface area contributed by atoms with Crippen molar-refractivity contribution in [2.45, 2.75) is 52.1 Å². The van der Waals surface area contributed by atoms with Crippen LogP contribution in [0.1, 0.15) is 40.5 Å². The quantitative estimate of drug-likeness (QED) is 0.740. The van der Waals surface area contributed by atoms with Gasteiger partial charge in [0.15, 0.2) is 0 Å². The van der Waals surface area contributed by atoms with Gasteiger partial charge in [0, 0.05) is 18.9 Å². The van der Waals surface area contributed by atoms with Crippen LogP contribution in [-0.4, -0.2) is 41.4 Å². The number of carbonyl (C=O) groups is 2. The van der Waals surface area contributed by atoms with Crippen molar-refractivity contribution in [3.63, 3.8) is 0 Å². The van der Waals surface area contributed by atoms with Crippen molar-refractivity contribution in [3.05, 3.63) is 0 Å². The molecule has 0 aromatic heterocycles. The number of Topliss-reactive ketones (excluding diaryl/α,β-unsaturated/α-hetero) is 1. The predicted molar refractivity (Wildman–Crippen MR) is 66.2 cm³/mol. The summed E-state index contributed by atoms with van der Waals surface area (Å²) in [5.74, 6) is -3.69. The number of hydrogen-bond donors (Lipinski definition) is 0. The number of hydrogen-bond acceptors (Lipinski definition) is 3. The molecular formula is C13H21F2NO3. The molecule has 1 saturated heterocycles. The molecule has 1 aliphatic rings. The fraction of sp³-hybridized carbons (Fsp3) is 0.846. The Morgan fingerprint density at radius 1 is 1.32 bits per heavy atom. The molecule has 1 atom stereocenters. The molecule has 110 valence electrons. The van der Waals surface area contributed by atoms with Gasteiger partial charge in [-0.25, -0.2) is 13.6 Å². The number of nitrogens with zero attached hydrogens (tertiary/aromatic N) is 1. The molecule has 1 aliphatic heterocycles. The Kier molecular flexibility index (Phi) is 4.53. The lowest BCUT2D eigenvalue weighted by molar-refractivity contribution is -0.121. The van der Waals surface area contributed by atoms with Gasteiger partial charge in [0.25, 0.3) is 5.92 Å². The van der Waals surface area contributed by atoms with Crippen LogP contribution in [0.3, 0.4) is 0 Å². The Labute approximate surface area is 112 Å². The minimum atomic E-state index is -2.97. The SMILES string of the molecule is CC(=O)[C@H]1CCC(F)(F)CN(C(=O)OC(C)(C)C)C1. The van der Waals surface area contributed by atoms with Gasteiger partial charge >= 0.3 is 6.09 Å².